The highest BCUT2D eigenvalue weighted by Crippen LogP contribution is 2.30. The van der Waals surface area contributed by atoms with Gasteiger partial charge in [0.2, 0.25) is 0 Å². The van der Waals surface area contributed by atoms with E-state index < -0.39 is 0 Å². The molecular formula is C21H28IN7O2. The van der Waals surface area contributed by atoms with Crippen LogP contribution in [-0.2, 0) is 6.54 Å². The van der Waals surface area contributed by atoms with Crippen molar-refractivity contribution in [2.45, 2.75) is 19.0 Å². The van der Waals surface area contributed by atoms with Gasteiger partial charge in [-0.15, -0.1) is 34.2 Å². The maximum absolute atomic E-state index is 5.40. The van der Waals surface area contributed by atoms with E-state index in [0.29, 0.717) is 6.54 Å². The topological polar surface area (TPSA) is 88.3 Å². The van der Waals surface area contributed by atoms with E-state index in [0.717, 1.165) is 54.1 Å². The Hall–Kier alpha value is -2.76. The van der Waals surface area contributed by atoms with Crippen molar-refractivity contribution in [3.8, 4) is 11.5 Å². The summed E-state index contributed by atoms with van der Waals surface area (Å²) in [5.74, 6) is 3.17. The number of nitrogens with one attached hydrogen (secondary N) is 2. The van der Waals surface area contributed by atoms with Crippen molar-refractivity contribution in [1.29, 1.82) is 0 Å². The molecule has 1 fully saturated rings. The molecule has 1 aliphatic heterocycles. The van der Waals surface area contributed by atoms with Gasteiger partial charge in [0.1, 0.15) is 11.5 Å². The largest absolute Gasteiger partial charge is 0.497 e. The molecule has 1 atom stereocenters. The smallest absolute Gasteiger partial charge is 0.191 e. The number of methoxy groups -OCH3 is 2. The molecule has 166 valence electrons. The lowest BCUT2D eigenvalue weighted by Gasteiger charge is -2.21. The van der Waals surface area contributed by atoms with Crippen LogP contribution in [0, 0.1) is 0 Å². The fourth-order valence-corrected chi connectivity index (χ4v) is 3.65. The molecule has 0 radical (unpaired) electrons. The van der Waals surface area contributed by atoms with Crippen molar-refractivity contribution < 1.29 is 9.47 Å². The second kappa shape index (κ2) is 10.5. The summed E-state index contributed by atoms with van der Waals surface area (Å²) >= 11 is 0. The van der Waals surface area contributed by atoms with Crippen LogP contribution in [0.15, 0.2) is 47.6 Å². The molecule has 9 nitrogen and oxygen atoms in total. The highest BCUT2D eigenvalue weighted by molar-refractivity contribution is 14.0. The van der Waals surface area contributed by atoms with E-state index in [1.54, 1.807) is 21.3 Å². The van der Waals surface area contributed by atoms with E-state index in [1.165, 1.54) is 0 Å². The average Bonchev–Trinajstić information content (AvgIpc) is 3.43. The minimum atomic E-state index is 0. The fraction of sp³-hybridized carbons (Fsp3) is 0.381. The monoisotopic (exact) mass is 537 g/mol. The lowest BCUT2D eigenvalue weighted by Crippen LogP contribution is -2.44. The molecule has 3 aromatic rings. The minimum Gasteiger partial charge on any atom is -0.497 e. The number of benzene rings is 1. The van der Waals surface area contributed by atoms with Gasteiger partial charge < -0.3 is 25.0 Å². The minimum absolute atomic E-state index is 0. The number of ether oxygens (including phenoxy) is 2. The first-order valence-corrected chi connectivity index (χ1v) is 9.94. The number of hydrogen-bond acceptors (Lipinski definition) is 6. The van der Waals surface area contributed by atoms with Gasteiger partial charge in [-0.3, -0.25) is 9.39 Å². The second-order valence-corrected chi connectivity index (χ2v) is 7.12. The van der Waals surface area contributed by atoms with Crippen LogP contribution in [0.4, 0.5) is 5.69 Å². The Morgan fingerprint density at radius 3 is 2.65 bits per heavy atom. The average molecular weight is 537 g/mol. The molecule has 0 aliphatic carbocycles. The van der Waals surface area contributed by atoms with E-state index in [9.17, 15) is 0 Å². The molecule has 0 bridgehead atoms. The third-order valence-electron chi connectivity index (χ3n) is 5.25. The number of pyridine rings is 1. The fourth-order valence-electron chi connectivity index (χ4n) is 3.65. The van der Waals surface area contributed by atoms with Crippen molar-refractivity contribution >= 4 is 41.3 Å². The van der Waals surface area contributed by atoms with Crippen LogP contribution in [0.1, 0.15) is 12.2 Å². The van der Waals surface area contributed by atoms with E-state index in [1.807, 2.05) is 47.0 Å². The Kier molecular flexibility index (Phi) is 7.77. The normalized spacial score (nSPS) is 16.2. The first-order chi connectivity index (χ1) is 14.7. The Balaban J connectivity index is 0.00000272. The lowest BCUT2D eigenvalue weighted by atomic mass is 10.2. The van der Waals surface area contributed by atoms with Crippen LogP contribution in [0.5, 0.6) is 11.5 Å². The van der Waals surface area contributed by atoms with Gasteiger partial charge >= 0.3 is 0 Å². The van der Waals surface area contributed by atoms with Gasteiger partial charge in [-0.25, -0.2) is 0 Å². The summed E-state index contributed by atoms with van der Waals surface area (Å²) in [6.45, 7) is 2.35. The molecule has 10 heteroatoms. The Morgan fingerprint density at radius 2 is 1.94 bits per heavy atom. The zero-order valence-electron chi connectivity index (χ0n) is 17.9. The number of rotatable bonds is 6. The highest BCUT2D eigenvalue weighted by Gasteiger charge is 2.24. The van der Waals surface area contributed by atoms with Gasteiger partial charge in [0.05, 0.1) is 20.8 Å². The van der Waals surface area contributed by atoms with Gasteiger partial charge in [0, 0.05) is 56.3 Å². The quantitative estimate of drug-likeness (QED) is 0.284. The van der Waals surface area contributed by atoms with Gasteiger partial charge in [0.15, 0.2) is 17.4 Å². The zero-order chi connectivity index (χ0) is 20.9. The zero-order valence-corrected chi connectivity index (χ0v) is 20.2. The standard InChI is InChI=1S/C21H27N7O2.HI/c1-22-21(23-13-20-26-25-19-6-4-5-8-28(19)20)24-15-7-9-27(14-15)16-10-17(29-2)12-18(11-16)30-3;/h4-6,8,10-12,15H,7,9,13-14H2,1-3H3,(H2,22,23,24);1H. The molecule has 0 amide bonds. The van der Waals surface area contributed by atoms with Crippen LogP contribution in [0.2, 0.25) is 0 Å². The maximum atomic E-state index is 5.40. The number of nitrogens with zero attached hydrogens (tertiary/aromatic N) is 5. The SMILES string of the molecule is CN=C(NCc1nnc2ccccn12)NC1CCN(c2cc(OC)cc(OC)c2)C1.I. The summed E-state index contributed by atoms with van der Waals surface area (Å²) in [4.78, 5) is 6.68. The molecule has 0 saturated carbocycles. The summed E-state index contributed by atoms with van der Waals surface area (Å²) in [6.07, 6.45) is 2.97. The number of aliphatic imine (C=N–C) groups is 1. The van der Waals surface area contributed by atoms with Crippen molar-refractivity contribution in [3.63, 3.8) is 0 Å². The highest BCUT2D eigenvalue weighted by atomic mass is 127. The summed E-state index contributed by atoms with van der Waals surface area (Å²) in [6, 6.07) is 12.1. The van der Waals surface area contributed by atoms with Gasteiger partial charge in [0.25, 0.3) is 0 Å². The third kappa shape index (κ3) is 5.30. The van der Waals surface area contributed by atoms with Crippen LogP contribution in [-0.4, -0.2) is 61.0 Å². The maximum Gasteiger partial charge on any atom is 0.191 e. The van der Waals surface area contributed by atoms with E-state index in [2.05, 4.69) is 30.7 Å². The molecule has 31 heavy (non-hydrogen) atoms. The number of fused-ring (bicyclic) bond motifs is 1. The van der Waals surface area contributed by atoms with Crippen molar-refractivity contribution in [3.05, 3.63) is 48.4 Å². The van der Waals surface area contributed by atoms with Crippen molar-refractivity contribution in [2.24, 2.45) is 4.99 Å². The number of halogens is 1. The molecule has 3 heterocycles. The molecule has 1 aliphatic rings. The predicted octanol–water partition coefficient (Wildman–Crippen LogP) is 2.31. The summed E-state index contributed by atoms with van der Waals surface area (Å²) < 4.78 is 12.8. The first-order valence-electron chi connectivity index (χ1n) is 9.94. The van der Waals surface area contributed by atoms with Crippen molar-refractivity contribution in [2.75, 3.05) is 39.3 Å². The molecule has 1 aromatic carbocycles. The summed E-state index contributed by atoms with van der Waals surface area (Å²) in [7, 11) is 5.11. The van der Waals surface area contributed by atoms with Crippen LogP contribution in [0.25, 0.3) is 5.65 Å². The molecule has 1 unspecified atom stereocenters. The third-order valence-corrected chi connectivity index (χ3v) is 5.25. The van der Waals surface area contributed by atoms with Gasteiger partial charge in [-0.05, 0) is 18.6 Å². The van der Waals surface area contributed by atoms with Crippen LogP contribution < -0.4 is 25.0 Å². The van der Waals surface area contributed by atoms with Crippen LogP contribution >= 0.6 is 24.0 Å². The summed E-state index contributed by atoms with van der Waals surface area (Å²) in [5.41, 5.74) is 1.92. The van der Waals surface area contributed by atoms with Gasteiger partial charge in [-0.1, -0.05) is 6.07 Å². The number of hydrogen-bond donors (Lipinski definition) is 2. The van der Waals surface area contributed by atoms with Crippen molar-refractivity contribution in [1.82, 2.24) is 25.2 Å². The second-order valence-electron chi connectivity index (χ2n) is 7.12. The first kappa shape index (κ1) is 22.9. The van der Waals surface area contributed by atoms with E-state index in [-0.39, 0.29) is 30.0 Å². The molecule has 1 saturated heterocycles. The predicted molar refractivity (Wildman–Crippen MR) is 132 cm³/mol. The molecule has 0 spiro atoms. The molecule has 2 aromatic heterocycles. The van der Waals surface area contributed by atoms with Gasteiger partial charge in [-0.2, -0.15) is 0 Å². The molecule has 4 rings (SSSR count). The number of anilines is 1. The Morgan fingerprint density at radius 1 is 1.16 bits per heavy atom. The molecular weight excluding hydrogens is 509 g/mol. The van der Waals surface area contributed by atoms with E-state index >= 15 is 0 Å². The Labute approximate surface area is 198 Å². The Bertz CT molecular complexity index is 1020. The molecule has 2 N–H and O–H groups in total. The lowest BCUT2D eigenvalue weighted by molar-refractivity contribution is 0.394. The number of aromatic nitrogens is 3. The summed E-state index contributed by atoms with van der Waals surface area (Å²) in [5, 5.41) is 15.3. The van der Waals surface area contributed by atoms with E-state index in [4.69, 9.17) is 9.47 Å². The van der Waals surface area contributed by atoms with Crippen LogP contribution in [0.3, 0.4) is 0 Å². The number of guanidine groups is 1.